The van der Waals surface area contributed by atoms with Crippen LogP contribution in [-0.4, -0.2) is 14.5 Å². The molecule has 0 amide bonds. The number of hydrogen-bond donors (Lipinski definition) is 0. The van der Waals surface area contributed by atoms with Crippen LogP contribution in [0.3, 0.4) is 0 Å². The maximum atomic E-state index is 5.68. The van der Waals surface area contributed by atoms with E-state index in [9.17, 15) is 0 Å². The Morgan fingerprint density at radius 1 is 0.525 bits per heavy atom. The SMILES string of the molecule is CC(C)(C)c1ccc2[n-]c3c(-c4nc5c(-c6[c-]c(-c7cc(-c8ccccc8)ccn7)cc(-c7ccccc7)c6)cccc5n4-c4ccccc4)cc(C(C)(C)C)cc3c2c1.[Pt+2]. The van der Waals surface area contributed by atoms with Crippen LogP contribution in [0.15, 0.2) is 170 Å². The molecule has 0 saturated carbocycles. The van der Waals surface area contributed by atoms with E-state index < -0.39 is 0 Å². The van der Waals surface area contributed by atoms with Gasteiger partial charge in [0, 0.05) is 23.1 Å². The van der Waals surface area contributed by atoms with E-state index in [-0.39, 0.29) is 31.9 Å². The van der Waals surface area contributed by atoms with Crippen molar-refractivity contribution in [3.05, 3.63) is 187 Å². The molecule has 4 nitrogen and oxygen atoms in total. The minimum Gasteiger partial charge on any atom is -0.656 e. The third-order valence-electron chi connectivity index (χ3n) is 11.7. The monoisotopic (exact) mass is 969 g/mol. The van der Waals surface area contributed by atoms with Crippen molar-refractivity contribution in [1.82, 2.24) is 19.5 Å². The zero-order valence-corrected chi connectivity index (χ0v) is 37.5. The molecule has 0 aliphatic heterocycles. The molecule has 300 valence electrons. The van der Waals surface area contributed by atoms with Crippen molar-refractivity contribution in [1.29, 1.82) is 0 Å². The average molecular weight is 970 g/mol. The molecule has 0 fully saturated rings. The fraction of sp³-hybridized carbons (Fsp3) is 0.143. The fourth-order valence-electron chi connectivity index (χ4n) is 8.37. The Hall–Kier alpha value is -6.35. The molecule has 0 atom stereocenters. The number of fused-ring (bicyclic) bond motifs is 4. The van der Waals surface area contributed by atoms with E-state index >= 15 is 0 Å². The van der Waals surface area contributed by atoms with Crippen LogP contribution in [0, 0.1) is 6.07 Å². The van der Waals surface area contributed by atoms with Gasteiger partial charge < -0.3 is 4.98 Å². The van der Waals surface area contributed by atoms with Gasteiger partial charge in [0.2, 0.25) is 0 Å². The maximum Gasteiger partial charge on any atom is 2.00 e. The van der Waals surface area contributed by atoms with Crippen molar-refractivity contribution >= 4 is 32.8 Å². The number of hydrogen-bond acceptors (Lipinski definition) is 2. The summed E-state index contributed by atoms with van der Waals surface area (Å²) in [6.45, 7) is 13.7. The van der Waals surface area contributed by atoms with E-state index in [1.54, 1.807) is 0 Å². The Kier molecular flexibility index (Phi) is 10.2. The molecule has 0 bridgehead atoms. The second kappa shape index (κ2) is 15.6. The summed E-state index contributed by atoms with van der Waals surface area (Å²) in [5.41, 5.74) is 16.6. The second-order valence-electron chi connectivity index (χ2n) is 17.9. The molecule has 3 aromatic heterocycles. The fourth-order valence-corrected chi connectivity index (χ4v) is 8.37. The quantitative estimate of drug-likeness (QED) is 0.156. The molecule has 0 aliphatic carbocycles. The molecule has 10 rings (SSSR count). The van der Waals surface area contributed by atoms with E-state index in [4.69, 9.17) is 15.0 Å². The normalized spacial score (nSPS) is 12.0. The van der Waals surface area contributed by atoms with Crippen LogP contribution in [0.2, 0.25) is 0 Å². The van der Waals surface area contributed by atoms with Crippen molar-refractivity contribution in [2.75, 3.05) is 0 Å². The molecule has 0 radical (unpaired) electrons. The Morgan fingerprint density at radius 2 is 1.16 bits per heavy atom. The second-order valence-corrected chi connectivity index (χ2v) is 17.9. The van der Waals surface area contributed by atoms with Crippen LogP contribution in [0.4, 0.5) is 0 Å². The third-order valence-corrected chi connectivity index (χ3v) is 11.7. The summed E-state index contributed by atoms with van der Waals surface area (Å²) in [4.78, 5) is 16.0. The zero-order chi connectivity index (χ0) is 41.2. The topological polar surface area (TPSA) is 44.8 Å². The smallest absolute Gasteiger partial charge is 0.656 e. The van der Waals surface area contributed by atoms with Gasteiger partial charge in [0.05, 0.1) is 11.0 Å². The van der Waals surface area contributed by atoms with Crippen molar-refractivity contribution in [3.63, 3.8) is 0 Å². The number of nitrogens with zero attached hydrogens (tertiary/aromatic N) is 4. The third kappa shape index (κ3) is 7.44. The molecule has 0 N–H and O–H groups in total. The van der Waals surface area contributed by atoms with Gasteiger partial charge in [-0.2, -0.15) is 0 Å². The van der Waals surface area contributed by atoms with E-state index in [0.29, 0.717) is 0 Å². The van der Waals surface area contributed by atoms with Gasteiger partial charge in [0.25, 0.3) is 0 Å². The van der Waals surface area contributed by atoms with Crippen LogP contribution in [0.1, 0.15) is 52.7 Å². The average Bonchev–Trinajstić information content (AvgIpc) is 3.85. The minimum absolute atomic E-state index is 0. The summed E-state index contributed by atoms with van der Waals surface area (Å²) < 4.78 is 2.31. The van der Waals surface area contributed by atoms with Gasteiger partial charge in [0.15, 0.2) is 0 Å². The van der Waals surface area contributed by atoms with Crippen LogP contribution >= 0.6 is 0 Å². The van der Waals surface area contributed by atoms with Crippen molar-refractivity contribution in [2.24, 2.45) is 0 Å². The number of para-hydroxylation sites is 2. The van der Waals surface area contributed by atoms with Gasteiger partial charge in [-0.05, 0) is 79.8 Å². The Labute approximate surface area is 372 Å². The van der Waals surface area contributed by atoms with Gasteiger partial charge in [0.1, 0.15) is 5.82 Å². The van der Waals surface area contributed by atoms with Gasteiger partial charge in [-0.25, -0.2) is 4.98 Å². The number of rotatable bonds is 6. The van der Waals surface area contributed by atoms with Crippen LogP contribution in [-0.2, 0) is 31.9 Å². The van der Waals surface area contributed by atoms with Crippen molar-refractivity contribution in [2.45, 2.75) is 52.4 Å². The Bertz CT molecular complexity index is 3200. The first-order valence-electron chi connectivity index (χ1n) is 20.8. The Balaban J connectivity index is 0.00000476. The molecule has 0 unspecified atom stereocenters. The molecular weight excluding hydrogens is 924 g/mol. The summed E-state index contributed by atoms with van der Waals surface area (Å²) >= 11 is 0. The first kappa shape index (κ1) is 40.1. The van der Waals surface area contributed by atoms with Gasteiger partial charge in [-0.15, -0.1) is 34.8 Å². The maximum absolute atomic E-state index is 5.68. The number of aromatic nitrogens is 4. The first-order valence-corrected chi connectivity index (χ1v) is 20.8. The van der Waals surface area contributed by atoms with Crippen LogP contribution in [0.25, 0.3) is 94.6 Å². The van der Waals surface area contributed by atoms with Crippen molar-refractivity contribution in [3.8, 4) is 61.7 Å². The standard InChI is InChI=1S/C56H46N4.Pt/c1-55(2,3)42-25-26-49-46(33-42)47-34-43(56(4,5)6)35-48(52(47)58-49)54-59-53-45(23-16-24-51(53)60(54)44-21-14-9-15-22-44)40-29-39(37-19-12-8-13-20-37)30-41(31-40)50-32-38(27-28-57-50)36-17-10-7-11-18-36;/h7-30,32-35H,1-6H3;/q-2;+2. The number of imidazole rings is 1. The molecule has 0 aliphatic rings. The predicted octanol–water partition coefficient (Wildman–Crippen LogP) is 14.4. The van der Waals surface area contributed by atoms with Crippen LogP contribution < -0.4 is 4.98 Å². The minimum atomic E-state index is -0.113. The Morgan fingerprint density at radius 3 is 1.85 bits per heavy atom. The van der Waals surface area contributed by atoms with Gasteiger partial charge in [-0.3, -0.25) is 9.55 Å². The molecule has 61 heavy (non-hydrogen) atoms. The van der Waals surface area contributed by atoms with E-state index in [1.165, 1.54) is 16.5 Å². The predicted molar refractivity (Wildman–Crippen MR) is 251 cm³/mol. The largest absolute Gasteiger partial charge is 2.00 e. The first-order chi connectivity index (χ1) is 29.0. The molecule has 7 aromatic carbocycles. The molecule has 0 saturated heterocycles. The van der Waals surface area contributed by atoms with E-state index in [1.807, 2.05) is 12.3 Å². The zero-order valence-electron chi connectivity index (χ0n) is 35.3. The molecule has 5 heteroatoms. The van der Waals surface area contributed by atoms with Crippen LogP contribution in [0.5, 0.6) is 0 Å². The summed E-state index contributed by atoms with van der Waals surface area (Å²) in [5.74, 6) is 0.857. The van der Waals surface area contributed by atoms with E-state index in [0.717, 1.165) is 89.2 Å². The summed E-state index contributed by atoms with van der Waals surface area (Å²) in [6, 6.07) is 62.1. The molecule has 10 aromatic rings. The molecule has 3 heterocycles. The number of benzene rings is 7. The summed E-state index contributed by atoms with van der Waals surface area (Å²) in [5, 5.41) is 2.34. The summed E-state index contributed by atoms with van der Waals surface area (Å²) in [7, 11) is 0. The number of pyridine rings is 1. The van der Waals surface area contributed by atoms with Gasteiger partial charge in [-0.1, -0.05) is 180 Å². The van der Waals surface area contributed by atoms with E-state index in [2.05, 4.69) is 210 Å². The van der Waals surface area contributed by atoms with Gasteiger partial charge >= 0.3 is 21.1 Å². The summed E-state index contributed by atoms with van der Waals surface area (Å²) in [6.07, 6.45) is 1.90. The molecular formula is C56H46N4Pt. The molecule has 0 spiro atoms. The van der Waals surface area contributed by atoms with Crippen molar-refractivity contribution < 1.29 is 21.1 Å².